The fourth-order valence-corrected chi connectivity index (χ4v) is 5.93. The second kappa shape index (κ2) is 8.98. The van der Waals surface area contributed by atoms with Crippen molar-refractivity contribution in [1.82, 2.24) is 14.5 Å². The van der Waals surface area contributed by atoms with Crippen LogP contribution in [-0.4, -0.2) is 27.7 Å². The van der Waals surface area contributed by atoms with Gasteiger partial charge < -0.3 is 15.0 Å². The lowest BCUT2D eigenvalue weighted by Gasteiger charge is -2.25. The van der Waals surface area contributed by atoms with Gasteiger partial charge in [-0.3, -0.25) is 4.98 Å². The van der Waals surface area contributed by atoms with E-state index in [4.69, 9.17) is 15.5 Å². The number of nitrogen functional groups attached to an aromatic ring is 1. The maximum absolute atomic E-state index is 9.86. The summed E-state index contributed by atoms with van der Waals surface area (Å²) in [5, 5.41) is 13.2. The molecule has 3 aromatic heterocycles. The molecule has 184 valence electrons. The van der Waals surface area contributed by atoms with Crippen molar-refractivity contribution in [2.75, 3.05) is 18.9 Å². The molecular weight excluding hydrogens is 470 g/mol. The van der Waals surface area contributed by atoms with Gasteiger partial charge in [0.2, 0.25) is 0 Å². The molecule has 0 amide bonds. The van der Waals surface area contributed by atoms with E-state index >= 15 is 0 Å². The molecule has 1 aliphatic heterocycles. The van der Waals surface area contributed by atoms with Gasteiger partial charge in [0.15, 0.2) is 0 Å². The van der Waals surface area contributed by atoms with Crippen LogP contribution < -0.4 is 5.73 Å². The third-order valence-electron chi connectivity index (χ3n) is 7.71. The van der Waals surface area contributed by atoms with Crippen LogP contribution >= 0.6 is 0 Å². The third kappa shape index (κ3) is 3.44. The molecule has 6 heteroatoms. The van der Waals surface area contributed by atoms with Crippen molar-refractivity contribution in [3.63, 3.8) is 0 Å². The number of pyridine rings is 2. The molecule has 1 aliphatic rings. The van der Waals surface area contributed by atoms with Crippen molar-refractivity contribution in [3.05, 3.63) is 96.4 Å². The van der Waals surface area contributed by atoms with Crippen LogP contribution in [0.3, 0.4) is 0 Å². The molecule has 2 N–H and O–H groups in total. The largest absolute Gasteiger partial charge is 0.397 e. The molecule has 6 aromatic rings. The van der Waals surface area contributed by atoms with E-state index < -0.39 is 0 Å². The molecule has 38 heavy (non-hydrogen) atoms. The Bertz CT molecular complexity index is 1890. The zero-order valence-corrected chi connectivity index (χ0v) is 20.8. The molecule has 0 bridgehead atoms. The van der Waals surface area contributed by atoms with Gasteiger partial charge in [-0.05, 0) is 48.6 Å². The first-order valence-electron chi connectivity index (χ1n) is 12.9. The van der Waals surface area contributed by atoms with E-state index in [-0.39, 0.29) is 5.92 Å². The second-order valence-corrected chi connectivity index (χ2v) is 9.79. The van der Waals surface area contributed by atoms with Crippen molar-refractivity contribution in [3.8, 4) is 22.9 Å². The summed E-state index contributed by atoms with van der Waals surface area (Å²) < 4.78 is 7.77. The molecule has 1 saturated heterocycles. The number of hydrogen-bond acceptors (Lipinski definition) is 5. The smallest absolute Gasteiger partial charge is 0.146 e. The zero-order chi connectivity index (χ0) is 25.6. The van der Waals surface area contributed by atoms with Crippen molar-refractivity contribution >= 4 is 38.4 Å². The van der Waals surface area contributed by atoms with Crippen molar-refractivity contribution in [1.29, 1.82) is 5.26 Å². The molecule has 1 fully saturated rings. The monoisotopic (exact) mass is 495 g/mol. The highest BCUT2D eigenvalue weighted by atomic mass is 16.5. The fourth-order valence-electron chi connectivity index (χ4n) is 5.93. The number of nitriles is 1. The van der Waals surface area contributed by atoms with Gasteiger partial charge in [0.25, 0.3) is 0 Å². The lowest BCUT2D eigenvalue weighted by atomic mass is 9.89. The first-order chi connectivity index (χ1) is 18.7. The average Bonchev–Trinajstić information content (AvgIpc) is 3.31. The summed E-state index contributed by atoms with van der Waals surface area (Å²) in [5.74, 6) is 0.151. The van der Waals surface area contributed by atoms with E-state index in [1.165, 1.54) is 0 Å². The Balaban J connectivity index is 1.51. The number of fused-ring (bicyclic) bond motifs is 4. The number of benzene rings is 3. The normalized spacial score (nSPS) is 14.3. The maximum atomic E-state index is 9.86. The highest BCUT2D eigenvalue weighted by molar-refractivity contribution is 6.16. The minimum absolute atomic E-state index is 0.151. The van der Waals surface area contributed by atoms with Crippen molar-refractivity contribution < 1.29 is 4.74 Å². The Hall–Kier alpha value is -4.73. The van der Waals surface area contributed by atoms with Gasteiger partial charge in [0.1, 0.15) is 11.8 Å². The van der Waals surface area contributed by atoms with E-state index in [1.807, 2.05) is 30.5 Å². The summed E-state index contributed by atoms with van der Waals surface area (Å²) in [6.07, 6.45) is 5.35. The minimum Gasteiger partial charge on any atom is -0.397 e. The molecule has 4 heterocycles. The predicted octanol–water partition coefficient (Wildman–Crippen LogP) is 6.74. The molecule has 7 rings (SSSR count). The van der Waals surface area contributed by atoms with Gasteiger partial charge in [0.05, 0.1) is 34.1 Å². The number of nitrogens with two attached hydrogens (primary N) is 1. The first kappa shape index (κ1) is 22.5. The third-order valence-corrected chi connectivity index (χ3v) is 7.71. The molecule has 3 aromatic carbocycles. The van der Waals surface area contributed by atoms with Crippen LogP contribution in [0.4, 0.5) is 5.69 Å². The molecule has 0 aliphatic carbocycles. The quantitative estimate of drug-likeness (QED) is 0.294. The number of anilines is 1. The van der Waals surface area contributed by atoms with Gasteiger partial charge in [0, 0.05) is 46.7 Å². The molecule has 0 unspecified atom stereocenters. The average molecular weight is 496 g/mol. The van der Waals surface area contributed by atoms with E-state index in [0.717, 1.165) is 67.9 Å². The van der Waals surface area contributed by atoms with Crippen LogP contribution in [0, 0.1) is 11.3 Å². The topological polar surface area (TPSA) is 89.8 Å². The number of ether oxygens (including phenoxy) is 1. The number of hydrogen-bond donors (Lipinski definition) is 1. The van der Waals surface area contributed by atoms with E-state index in [2.05, 4.69) is 64.2 Å². The Morgan fingerprint density at radius 1 is 0.895 bits per heavy atom. The van der Waals surface area contributed by atoms with Crippen molar-refractivity contribution in [2.45, 2.75) is 18.8 Å². The molecule has 0 radical (unpaired) electrons. The molecule has 0 atom stereocenters. The molecule has 6 nitrogen and oxygen atoms in total. The van der Waals surface area contributed by atoms with E-state index in [1.54, 1.807) is 6.20 Å². The maximum Gasteiger partial charge on any atom is 0.146 e. The molecule has 0 saturated carbocycles. The van der Waals surface area contributed by atoms with Gasteiger partial charge in [-0.1, -0.05) is 48.5 Å². The number of aromatic nitrogens is 3. The molecule has 0 spiro atoms. The van der Waals surface area contributed by atoms with Crippen LogP contribution in [-0.2, 0) is 4.74 Å². The highest BCUT2D eigenvalue weighted by Crippen LogP contribution is 2.42. The Kier molecular flexibility index (Phi) is 5.31. The van der Waals surface area contributed by atoms with Crippen LogP contribution in [0.25, 0.3) is 49.5 Å². The van der Waals surface area contributed by atoms with Gasteiger partial charge >= 0.3 is 0 Å². The van der Waals surface area contributed by atoms with Crippen LogP contribution in [0.1, 0.15) is 30.0 Å². The van der Waals surface area contributed by atoms with Crippen LogP contribution in [0.15, 0.2) is 85.2 Å². The van der Waals surface area contributed by atoms with Crippen LogP contribution in [0.2, 0.25) is 0 Å². The summed E-state index contributed by atoms with van der Waals surface area (Å²) >= 11 is 0. The number of nitrogens with zero attached hydrogens (tertiary/aromatic N) is 4. The lowest BCUT2D eigenvalue weighted by molar-refractivity contribution is 0.0853. The first-order valence-corrected chi connectivity index (χ1v) is 12.9. The second-order valence-electron chi connectivity index (χ2n) is 9.79. The Labute approximate surface area is 219 Å². The summed E-state index contributed by atoms with van der Waals surface area (Å²) in [5.41, 5.74) is 14.8. The zero-order valence-electron chi connectivity index (χ0n) is 20.8. The summed E-state index contributed by atoms with van der Waals surface area (Å²) in [7, 11) is 0. The summed E-state index contributed by atoms with van der Waals surface area (Å²) in [6.45, 7) is 1.33. The van der Waals surface area contributed by atoms with Gasteiger partial charge in [-0.15, -0.1) is 0 Å². The molecular formula is C32H25N5O. The summed E-state index contributed by atoms with van der Waals surface area (Å²) in [4.78, 5) is 9.33. The van der Waals surface area contributed by atoms with E-state index in [9.17, 15) is 5.26 Å². The lowest BCUT2D eigenvalue weighted by Crippen LogP contribution is -2.18. The van der Waals surface area contributed by atoms with Gasteiger partial charge in [-0.25, -0.2) is 4.98 Å². The predicted molar refractivity (Wildman–Crippen MR) is 151 cm³/mol. The SMILES string of the molecule is N#Cc1ncc(-n2c3ccccc3c3c(-c4cnc5ccccc5c4)cccc32)c(N)c1C1CCOCC1. The standard InChI is InChI=1S/C32H25N5O/c33-17-26-30(20-12-14-38-15-13-20)32(34)29(19-36-26)37-27-10-4-2-7-24(27)31-23(8-5-11-28(31)37)22-16-21-6-1-3-9-25(21)35-18-22/h1-11,16,18-20H,12-15H2,(H2,34,36). The Morgan fingerprint density at radius 3 is 2.55 bits per heavy atom. The van der Waals surface area contributed by atoms with Crippen LogP contribution in [0.5, 0.6) is 0 Å². The van der Waals surface area contributed by atoms with Crippen molar-refractivity contribution in [2.24, 2.45) is 0 Å². The fraction of sp³-hybridized carbons (Fsp3) is 0.156. The number of para-hydroxylation sites is 2. The van der Waals surface area contributed by atoms with E-state index in [0.29, 0.717) is 24.6 Å². The highest BCUT2D eigenvalue weighted by Gasteiger charge is 2.26. The Morgan fingerprint density at radius 2 is 1.68 bits per heavy atom. The summed E-state index contributed by atoms with van der Waals surface area (Å²) in [6, 6.07) is 27.4. The minimum atomic E-state index is 0.151. The number of rotatable bonds is 3. The van der Waals surface area contributed by atoms with Gasteiger partial charge in [-0.2, -0.15) is 5.26 Å².